The third-order valence-corrected chi connectivity index (χ3v) is 4.66. The molecule has 0 radical (unpaired) electrons. The Bertz CT molecular complexity index is 387. The second kappa shape index (κ2) is 6.16. The highest BCUT2D eigenvalue weighted by Gasteiger charge is 2.26. The minimum Gasteiger partial charge on any atom is -0.310 e. The van der Waals surface area contributed by atoms with Crippen molar-refractivity contribution in [3.63, 3.8) is 0 Å². The number of hydrogen-bond donors (Lipinski definition) is 1. The molecule has 1 aromatic rings. The minimum absolute atomic E-state index is 0.175. The molecule has 3 unspecified atom stereocenters. The maximum absolute atomic E-state index is 13.3. The molecular formula is C15H21BrFN. The van der Waals surface area contributed by atoms with Gasteiger partial charge in [-0.25, -0.2) is 4.39 Å². The fraction of sp³-hybridized carbons (Fsp3) is 0.600. The molecule has 1 aliphatic rings. The molecule has 1 aliphatic carbocycles. The summed E-state index contributed by atoms with van der Waals surface area (Å²) >= 11 is 3.33. The number of benzene rings is 1. The fourth-order valence-electron chi connectivity index (χ4n) is 2.83. The second-order valence-corrected chi connectivity index (χ2v) is 6.45. The Hall–Kier alpha value is -0.410. The van der Waals surface area contributed by atoms with Crippen molar-refractivity contribution >= 4 is 15.9 Å². The fourth-order valence-corrected chi connectivity index (χ4v) is 3.34. The van der Waals surface area contributed by atoms with Crippen LogP contribution in [0.2, 0.25) is 0 Å². The molecule has 0 bridgehead atoms. The first-order chi connectivity index (χ1) is 8.56. The Morgan fingerprint density at radius 2 is 2.06 bits per heavy atom. The summed E-state index contributed by atoms with van der Waals surface area (Å²) in [6, 6.07) is 5.65. The lowest BCUT2D eigenvalue weighted by molar-refractivity contribution is 0.206. The Labute approximate surface area is 117 Å². The topological polar surface area (TPSA) is 12.0 Å². The quantitative estimate of drug-likeness (QED) is 0.866. The van der Waals surface area contributed by atoms with Crippen molar-refractivity contribution in [1.82, 2.24) is 5.32 Å². The van der Waals surface area contributed by atoms with E-state index in [0.717, 1.165) is 22.5 Å². The minimum atomic E-state index is -0.175. The highest BCUT2D eigenvalue weighted by atomic mass is 79.9. The van der Waals surface area contributed by atoms with E-state index in [1.165, 1.54) is 25.3 Å². The highest BCUT2D eigenvalue weighted by Crippen LogP contribution is 2.29. The van der Waals surface area contributed by atoms with Crippen molar-refractivity contribution in [3.05, 3.63) is 34.1 Å². The predicted octanol–water partition coefficient (Wildman–Crippen LogP) is 4.50. The molecule has 0 aliphatic heterocycles. The highest BCUT2D eigenvalue weighted by molar-refractivity contribution is 9.10. The average Bonchev–Trinajstić information content (AvgIpc) is 2.30. The zero-order chi connectivity index (χ0) is 13.1. The third-order valence-electron chi connectivity index (χ3n) is 4.20. The summed E-state index contributed by atoms with van der Waals surface area (Å²) in [5, 5.41) is 3.58. The van der Waals surface area contributed by atoms with E-state index in [9.17, 15) is 4.39 Å². The molecule has 0 saturated heterocycles. The van der Waals surface area contributed by atoms with Crippen LogP contribution in [0.25, 0.3) is 0 Å². The first kappa shape index (κ1) is 14.0. The largest absolute Gasteiger partial charge is 0.310 e. The van der Waals surface area contributed by atoms with Crippen LogP contribution in [0.3, 0.4) is 0 Å². The smallest absolute Gasteiger partial charge is 0.124 e. The Kier molecular flexibility index (Phi) is 4.79. The average molecular weight is 314 g/mol. The van der Waals surface area contributed by atoms with Gasteiger partial charge in [0.05, 0.1) is 0 Å². The van der Waals surface area contributed by atoms with Gasteiger partial charge in [-0.15, -0.1) is 0 Å². The van der Waals surface area contributed by atoms with E-state index in [2.05, 4.69) is 35.1 Å². The van der Waals surface area contributed by atoms with Crippen LogP contribution in [0.4, 0.5) is 4.39 Å². The van der Waals surface area contributed by atoms with Gasteiger partial charge in [0, 0.05) is 17.1 Å². The van der Waals surface area contributed by atoms with E-state index in [-0.39, 0.29) is 5.82 Å². The molecule has 0 aromatic heterocycles. The molecule has 0 spiro atoms. The van der Waals surface area contributed by atoms with E-state index in [1.807, 2.05) is 6.07 Å². The van der Waals surface area contributed by atoms with E-state index in [4.69, 9.17) is 0 Å². The van der Waals surface area contributed by atoms with Gasteiger partial charge in [0.1, 0.15) is 5.82 Å². The van der Waals surface area contributed by atoms with Crippen molar-refractivity contribution in [2.75, 3.05) is 0 Å². The number of rotatable bonds is 3. The normalized spacial score (nSPS) is 28.3. The summed E-state index contributed by atoms with van der Waals surface area (Å²) in [5.41, 5.74) is 1.01. The molecule has 18 heavy (non-hydrogen) atoms. The van der Waals surface area contributed by atoms with E-state index >= 15 is 0 Å². The first-order valence-corrected chi connectivity index (χ1v) is 7.54. The monoisotopic (exact) mass is 313 g/mol. The molecule has 1 N–H and O–H groups in total. The SMILES string of the molecule is CC1CCCC(NCc2cc(F)cc(Br)c2)C1C. The van der Waals surface area contributed by atoms with Gasteiger partial charge < -0.3 is 5.32 Å². The summed E-state index contributed by atoms with van der Waals surface area (Å²) in [5.74, 6) is 1.32. The molecule has 0 heterocycles. The van der Waals surface area contributed by atoms with E-state index < -0.39 is 0 Å². The summed E-state index contributed by atoms with van der Waals surface area (Å²) in [6.45, 7) is 5.40. The molecule has 1 aromatic carbocycles. The van der Waals surface area contributed by atoms with Gasteiger partial charge >= 0.3 is 0 Å². The van der Waals surface area contributed by atoms with Crippen LogP contribution in [0.5, 0.6) is 0 Å². The lowest BCUT2D eigenvalue weighted by atomic mass is 9.78. The summed E-state index contributed by atoms with van der Waals surface area (Å²) in [6.07, 6.45) is 3.88. The number of halogens is 2. The van der Waals surface area contributed by atoms with Gasteiger partial charge in [0.25, 0.3) is 0 Å². The zero-order valence-corrected chi connectivity index (χ0v) is 12.6. The standard InChI is InChI=1S/C15H21BrFN/c1-10-4-3-5-15(11(10)2)18-9-12-6-13(16)8-14(17)7-12/h6-8,10-11,15,18H,3-5,9H2,1-2H3. The van der Waals surface area contributed by atoms with Crippen molar-refractivity contribution in [1.29, 1.82) is 0 Å². The van der Waals surface area contributed by atoms with Gasteiger partial charge in [-0.1, -0.05) is 42.6 Å². The van der Waals surface area contributed by atoms with Gasteiger partial charge in [0.15, 0.2) is 0 Å². The molecule has 1 fully saturated rings. The predicted molar refractivity (Wildman–Crippen MR) is 76.9 cm³/mol. The van der Waals surface area contributed by atoms with Crippen LogP contribution in [-0.4, -0.2) is 6.04 Å². The lowest BCUT2D eigenvalue weighted by Gasteiger charge is -2.34. The van der Waals surface area contributed by atoms with E-state index in [1.54, 1.807) is 6.07 Å². The van der Waals surface area contributed by atoms with Crippen molar-refractivity contribution in [3.8, 4) is 0 Å². The first-order valence-electron chi connectivity index (χ1n) is 6.74. The number of nitrogens with one attached hydrogen (secondary N) is 1. The maximum Gasteiger partial charge on any atom is 0.124 e. The molecule has 1 saturated carbocycles. The van der Waals surface area contributed by atoms with Crippen LogP contribution in [0, 0.1) is 17.7 Å². The van der Waals surface area contributed by atoms with Crippen molar-refractivity contribution in [2.24, 2.45) is 11.8 Å². The molecule has 1 nitrogen and oxygen atoms in total. The van der Waals surface area contributed by atoms with Crippen LogP contribution < -0.4 is 5.32 Å². The molecule has 2 rings (SSSR count). The third kappa shape index (κ3) is 3.55. The van der Waals surface area contributed by atoms with Gasteiger partial charge in [-0.2, -0.15) is 0 Å². The summed E-state index contributed by atoms with van der Waals surface area (Å²) in [4.78, 5) is 0. The summed E-state index contributed by atoms with van der Waals surface area (Å²) in [7, 11) is 0. The van der Waals surface area contributed by atoms with Gasteiger partial charge in [-0.05, 0) is 42.0 Å². The molecular weight excluding hydrogens is 293 g/mol. The van der Waals surface area contributed by atoms with Crippen molar-refractivity contribution < 1.29 is 4.39 Å². The second-order valence-electron chi connectivity index (χ2n) is 5.53. The zero-order valence-electron chi connectivity index (χ0n) is 11.0. The van der Waals surface area contributed by atoms with Crippen LogP contribution in [-0.2, 0) is 6.54 Å². The Morgan fingerprint density at radius 3 is 2.78 bits per heavy atom. The number of hydrogen-bond acceptors (Lipinski definition) is 1. The van der Waals surface area contributed by atoms with Gasteiger partial charge in [0.2, 0.25) is 0 Å². The van der Waals surface area contributed by atoms with Crippen LogP contribution in [0.1, 0.15) is 38.7 Å². The lowest BCUT2D eigenvalue weighted by Crippen LogP contribution is -2.40. The molecule has 0 amide bonds. The molecule has 100 valence electrons. The van der Waals surface area contributed by atoms with Crippen LogP contribution >= 0.6 is 15.9 Å². The maximum atomic E-state index is 13.3. The van der Waals surface area contributed by atoms with E-state index in [0.29, 0.717) is 12.0 Å². The molecule has 3 heteroatoms. The Morgan fingerprint density at radius 1 is 1.28 bits per heavy atom. The van der Waals surface area contributed by atoms with Gasteiger partial charge in [-0.3, -0.25) is 0 Å². The molecule has 3 atom stereocenters. The Balaban J connectivity index is 1.94. The summed E-state index contributed by atoms with van der Waals surface area (Å²) < 4.78 is 14.1. The van der Waals surface area contributed by atoms with Crippen molar-refractivity contribution in [2.45, 2.75) is 45.7 Å². The van der Waals surface area contributed by atoms with Crippen LogP contribution in [0.15, 0.2) is 22.7 Å².